The monoisotopic (exact) mass is 448 g/mol. The molecule has 12 heteroatoms. The second kappa shape index (κ2) is 11.5. The predicted octanol–water partition coefficient (Wildman–Crippen LogP) is 1.78. The van der Waals surface area contributed by atoms with E-state index in [4.69, 9.17) is 46.1 Å². The van der Waals surface area contributed by atoms with E-state index in [1.807, 2.05) is 0 Å². The molecule has 2 aromatic rings. The van der Waals surface area contributed by atoms with Gasteiger partial charge in [-0.05, 0) is 48.5 Å². The van der Waals surface area contributed by atoms with E-state index < -0.39 is 0 Å². The van der Waals surface area contributed by atoms with Crippen LogP contribution in [0.25, 0.3) is 0 Å². The summed E-state index contributed by atoms with van der Waals surface area (Å²) < 4.78 is 0. The van der Waals surface area contributed by atoms with Gasteiger partial charge in [-0.2, -0.15) is 9.98 Å². The maximum atomic E-state index is 5.82. The number of hydrogen-bond donors (Lipinski definition) is 6. The fourth-order valence-electron chi connectivity index (χ4n) is 2.06. The molecule has 0 unspecified atom stereocenters. The lowest BCUT2D eigenvalue weighted by molar-refractivity contribution is 0.963. The zero-order chi connectivity index (χ0) is 21.9. The van der Waals surface area contributed by atoms with Crippen LogP contribution in [0.4, 0.5) is 11.4 Å². The molecule has 0 spiro atoms. The van der Waals surface area contributed by atoms with Crippen molar-refractivity contribution < 1.29 is 0 Å². The van der Waals surface area contributed by atoms with Gasteiger partial charge in [0.2, 0.25) is 23.8 Å². The van der Waals surface area contributed by atoms with E-state index in [2.05, 4.69) is 30.6 Å². The minimum absolute atomic E-state index is 0.00449. The molecule has 0 amide bonds. The summed E-state index contributed by atoms with van der Waals surface area (Å²) in [4.78, 5) is 16.0. The van der Waals surface area contributed by atoms with Crippen molar-refractivity contribution >= 4 is 58.4 Å². The van der Waals surface area contributed by atoms with Gasteiger partial charge in [-0.25, -0.2) is 9.98 Å². The van der Waals surface area contributed by atoms with Crippen LogP contribution >= 0.6 is 23.2 Å². The molecule has 10 nitrogen and oxygen atoms in total. The summed E-state index contributed by atoms with van der Waals surface area (Å²) in [5, 5.41) is 6.97. The number of halogens is 2. The second-order valence-corrected chi connectivity index (χ2v) is 6.61. The van der Waals surface area contributed by atoms with Gasteiger partial charge in [0, 0.05) is 21.4 Å². The number of nitrogens with zero attached hydrogens (tertiary/aromatic N) is 4. The van der Waals surface area contributed by atoms with Gasteiger partial charge in [-0.15, -0.1) is 0 Å². The summed E-state index contributed by atoms with van der Waals surface area (Å²) in [5.41, 5.74) is 24.4. The van der Waals surface area contributed by atoms with E-state index in [1.54, 1.807) is 48.5 Å². The zero-order valence-corrected chi connectivity index (χ0v) is 17.4. The van der Waals surface area contributed by atoms with Gasteiger partial charge < -0.3 is 33.6 Å². The van der Waals surface area contributed by atoms with Crippen LogP contribution in [0.1, 0.15) is 0 Å². The van der Waals surface area contributed by atoms with Crippen LogP contribution in [0.5, 0.6) is 0 Å². The van der Waals surface area contributed by atoms with Crippen molar-refractivity contribution in [2.24, 2.45) is 42.9 Å². The molecule has 0 aliphatic carbocycles. The minimum Gasteiger partial charge on any atom is -0.369 e. The molecule has 0 fully saturated rings. The maximum Gasteiger partial charge on any atom is 0.218 e. The Labute approximate surface area is 183 Å². The number of nitrogens with one attached hydrogen (secondary N) is 2. The van der Waals surface area contributed by atoms with Crippen LogP contribution in [-0.2, 0) is 0 Å². The highest BCUT2D eigenvalue weighted by atomic mass is 35.5. The molecule has 158 valence electrons. The molecular formula is C18H22Cl2N10. The minimum atomic E-state index is -0.00449. The van der Waals surface area contributed by atoms with Crippen LogP contribution in [0.3, 0.4) is 0 Å². The number of hydrogen-bond acceptors (Lipinski definition) is 2. The van der Waals surface area contributed by atoms with Crippen molar-refractivity contribution in [3.63, 3.8) is 0 Å². The average molecular weight is 449 g/mol. The van der Waals surface area contributed by atoms with E-state index in [9.17, 15) is 0 Å². The lowest BCUT2D eigenvalue weighted by atomic mass is 10.3. The molecule has 10 N–H and O–H groups in total. The highest BCUT2D eigenvalue weighted by Crippen LogP contribution is 2.13. The standard InChI is InChI=1S/C18H22Cl2N10/c19-11-1-5-13(6-2-11)27-17(23)29-15(21)25-9-10-26-16(22)30-18(24)28-14-7-3-12(20)4-8-14/h1-8H,9-10H2,(H5,21,23,25,27,29)(H5,22,24,26,28,30). The van der Waals surface area contributed by atoms with E-state index in [0.29, 0.717) is 21.4 Å². The van der Waals surface area contributed by atoms with Crippen molar-refractivity contribution in [2.45, 2.75) is 0 Å². The number of benzene rings is 2. The lowest BCUT2D eigenvalue weighted by Crippen LogP contribution is -2.26. The molecule has 0 heterocycles. The summed E-state index contributed by atoms with van der Waals surface area (Å²) in [6.07, 6.45) is 0. The van der Waals surface area contributed by atoms with Gasteiger partial charge in [0.15, 0.2) is 0 Å². The smallest absolute Gasteiger partial charge is 0.218 e. The first kappa shape index (κ1) is 22.8. The largest absolute Gasteiger partial charge is 0.369 e. The molecule has 0 radical (unpaired) electrons. The summed E-state index contributed by atoms with van der Waals surface area (Å²) in [6.45, 7) is 0.481. The highest BCUT2D eigenvalue weighted by Gasteiger charge is 1.98. The van der Waals surface area contributed by atoms with Gasteiger partial charge in [0.25, 0.3) is 0 Å². The van der Waals surface area contributed by atoms with Crippen molar-refractivity contribution in [1.82, 2.24) is 0 Å². The van der Waals surface area contributed by atoms with Crippen LogP contribution in [0.2, 0.25) is 10.0 Å². The Morgan fingerprint density at radius 3 is 1.30 bits per heavy atom. The van der Waals surface area contributed by atoms with Crippen molar-refractivity contribution in [1.29, 1.82) is 0 Å². The van der Waals surface area contributed by atoms with Gasteiger partial charge in [0.05, 0.1) is 13.1 Å². The number of rotatable bonds is 5. The summed E-state index contributed by atoms with van der Waals surface area (Å²) in [5.74, 6) is 0.171. The lowest BCUT2D eigenvalue weighted by Gasteiger charge is -2.05. The first-order chi connectivity index (χ1) is 14.3. The number of anilines is 2. The van der Waals surface area contributed by atoms with Crippen LogP contribution < -0.4 is 33.6 Å². The van der Waals surface area contributed by atoms with Gasteiger partial charge >= 0.3 is 0 Å². The first-order valence-corrected chi connectivity index (χ1v) is 9.41. The first-order valence-electron chi connectivity index (χ1n) is 8.65. The van der Waals surface area contributed by atoms with Gasteiger partial charge in [-0.1, -0.05) is 23.2 Å². The Kier molecular flexibility index (Phi) is 8.73. The third-order valence-corrected chi connectivity index (χ3v) is 3.85. The fraction of sp³-hybridized carbons (Fsp3) is 0.111. The normalized spacial score (nSPS) is 13.3. The number of guanidine groups is 4. The Morgan fingerprint density at radius 2 is 0.967 bits per heavy atom. The van der Waals surface area contributed by atoms with Crippen LogP contribution in [-0.4, -0.2) is 36.9 Å². The van der Waals surface area contributed by atoms with E-state index in [1.165, 1.54) is 0 Å². The molecule has 0 bridgehead atoms. The highest BCUT2D eigenvalue weighted by molar-refractivity contribution is 6.31. The summed E-state index contributed by atoms with van der Waals surface area (Å²) >= 11 is 11.6. The zero-order valence-electron chi connectivity index (χ0n) is 15.9. The molecule has 2 aromatic carbocycles. The average Bonchev–Trinajstić information content (AvgIpc) is 2.68. The molecule has 0 saturated carbocycles. The number of aliphatic imine (C=N–C) groups is 4. The Morgan fingerprint density at radius 1 is 0.633 bits per heavy atom. The van der Waals surface area contributed by atoms with Crippen molar-refractivity contribution in [3.8, 4) is 0 Å². The summed E-state index contributed by atoms with van der Waals surface area (Å²) in [6, 6.07) is 13.9. The van der Waals surface area contributed by atoms with Crippen LogP contribution in [0, 0.1) is 0 Å². The Balaban J connectivity index is 1.81. The van der Waals surface area contributed by atoms with Crippen LogP contribution in [0.15, 0.2) is 68.5 Å². The molecule has 0 saturated heterocycles. The topological polar surface area (TPSA) is 178 Å². The van der Waals surface area contributed by atoms with Crippen molar-refractivity contribution in [3.05, 3.63) is 58.6 Å². The Bertz CT molecular complexity index is 870. The Hall–Kier alpha value is -3.50. The molecule has 2 rings (SSSR count). The van der Waals surface area contributed by atoms with E-state index in [0.717, 1.165) is 0 Å². The molecule has 0 aliphatic heterocycles. The quantitative estimate of drug-likeness (QED) is 0.230. The fourth-order valence-corrected chi connectivity index (χ4v) is 2.32. The second-order valence-electron chi connectivity index (χ2n) is 5.74. The summed E-state index contributed by atoms with van der Waals surface area (Å²) in [7, 11) is 0. The van der Waals surface area contributed by atoms with Gasteiger partial charge in [-0.3, -0.25) is 0 Å². The van der Waals surface area contributed by atoms with Gasteiger partial charge in [0.1, 0.15) is 0 Å². The molecule has 0 aromatic heterocycles. The molecular weight excluding hydrogens is 427 g/mol. The van der Waals surface area contributed by atoms with E-state index >= 15 is 0 Å². The maximum absolute atomic E-state index is 5.82. The molecule has 30 heavy (non-hydrogen) atoms. The SMILES string of the molecule is NC(=NCCN=C(N)N=C(N)Nc1ccc(Cl)cc1)N=C(N)Nc1ccc(Cl)cc1. The molecule has 0 aliphatic rings. The molecule has 0 atom stereocenters. The number of nitrogens with two attached hydrogens (primary N) is 4. The third kappa shape index (κ3) is 8.67. The van der Waals surface area contributed by atoms with E-state index in [-0.39, 0.29) is 36.9 Å². The third-order valence-electron chi connectivity index (χ3n) is 3.35. The van der Waals surface area contributed by atoms with Crippen molar-refractivity contribution in [2.75, 3.05) is 23.7 Å². The predicted molar refractivity (Wildman–Crippen MR) is 126 cm³/mol.